The SMILES string of the molecule is CCn1nc(C)c(CNS(=O)(=O)c2c(C)nn(C)c2C)c1C. The quantitative estimate of drug-likeness (QED) is 0.899. The van der Waals surface area contributed by atoms with Crippen molar-refractivity contribution < 1.29 is 8.42 Å². The molecule has 0 radical (unpaired) electrons. The van der Waals surface area contributed by atoms with Crippen LogP contribution in [0, 0.1) is 27.7 Å². The molecule has 0 bridgehead atoms. The highest BCUT2D eigenvalue weighted by Crippen LogP contribution is 2.20. The van der Waals surface area contributed by atoms with Crippen molar-refractivity contribution in [3.63, 3.8) is 0 Å². The highest BCUT2D eigenvalue weighted by Gasteiger charge is 2.24. The van der Waals surface area contributed by atoms with E-state index in [1.54, 1.807) is 25.6 Å². The highest BCUT2D eigenvalue weighted by atomic mass is 32.2. The molecule has 0 aliphatic heterocycles. The average molecular weight is 325 g/mol. The van der Waals surface area contributed by atoms with E-state index in [1.165, 1.54) is 0 Å². The number of rotatable bonds is 5. The summed E-state index contributed by atoms with van der Waals surface area (Å²) in [7, 11) is -1.86. The lowest BCUT2D eigenvalue weighted by molar-refractivity contribution is 0.579. The van der Waals surface area contributed by atoms with E-state index in [0.29, 0.717) is 11.4 Å². The predicted octanol–water partition coefficient (Wildman–Crippen LogP) is 1.35. The first-order valence-electron chi connectivity index (χ1n) is 7.21. The monoisotopic (exact) mass is 325 g/mol. The minimum absolute atomic E-state index is 0.230. The molecule has 0 amide bonds. The second-order valence-corrected chi connectivity index (χ2v) is 7.12. The van der Waals surface area contributed by atoms with Crippen LogP contribution in [0.15, 0.2) is 4.90 Å². The normalized spacial score (nSPS) is 12.1. The summed E-state index contributed by atoms with van der Waals surface area (Å²) < 4.78 is 31.3. The minimum Gasteiger partial charge on any atom is -0.271 e. The first kappa shape index (κ1) is 16.7. The molecule has 2 aromatic rings. The largest absolute Gasteiger partial charge is 0.271 e. The second-order valence-electron chi connectivity index (χ2n) is 5.41. The van der Waals surface area contributed by atoms with Crippen molar-refractivity contribution >= 4 is 10.0 Å². The maximum atomic E-state index is 12.6. The standard InChI is InChI=1S/C14H23N5O2S/c1-7-19-11(4)13(9(2)17-19)8-15-22(20,21)14-10(3)16-18(6)12(14)5/h15H,7-8H2,1-6H3. The molecule has 122 valence electrons. The lowest BCUT2D eigenvalue weighted by Gasteiger charge is -2.08. The number of aryl methyl sites for hydroxylation is 4. The van der Waals surface area contributed by atoms with Gasteiger partial charge in [0.2, 0.25) is 10.0 Å². The molecule has 0 saturated heterocycles. The lowest BCUT2D eigenvalue weighted by atomic mass is 10.2. The molecule has 0 unspecified atom stereocenters. The van der Waals surface area contributed by atoms with Gasteiger partial charge in [-0.05, 0) is 34.6 Å². The van der Waals surface area contributed by atoms with Gasteiger partial charge in [0.15, 0.2) is 0 Å². The maximum Gasteiger partial charge on any atom is 0.244 e. The molecule has 7 nitrogen and oxygen atoms in total. The Labute approximate surface area is 131 Å². The van der Waals surface area contributed by atoms with Gasteiger partial charge in [-0.3, -0.25) is 9.36 Å². The zero-order valence-corrected chi connectivity index (χ0v) is 14.7. The lowest BCUT2D eigenvalue weighted by Crippen LogP contribution is -2.25. The van der Waals surface area contributed by atoms with Gasteiger partial charge in [-0.25, -0.2) is 13.1 Å². The first-order valence-corrected chi connectivity index (χ1v) is 8.70. The molecule has 0 aliphatic rings. The van der Waals surface area contributed by atoms with E-state index in [4.69, 9.17) is 0 Å². The highest BCUT2D eigenvalue weighted by molar-refractivity contribution is 7.89. The third-order valence-electron chi connectivity index (χ3n) is 3.98. The summed E-state index contributed by atoms with van der Waals surface area (Å²) in [6, 6.07) is 0. The van der Waals surface area contributed by atoms with E-state index in [9.17, 15) is 8.42 Å². The Kier molecular flexibility index (Phi) is 4.44. The van der Waals surface area contributed by atoms with Gasteiger partial charge >= 0.3 is 0 Å². The number of nitrogens with one attached hydrogen (secondary N) is 1. The minimum atomic E-state index is -3.60. The fourth-order valence-corrected chi connectivity index (χ4v) is 4.11. The molecule has 1 N–H and O–H groups in total. The summed E-state index contributed by atoms with van der Waals surface area (Å²) in [5, 5.41) is 8.57. The second kappa shape index (κ2) is 5.85. The summed E-state index contributed by atoms with van der Waals surface area (Å²) in [6.45, 7) is 10.3. The van der Waals surface area contributed by atoms with E-state index >= 15 is 0 Å². The van der Waals surface area contributed by atoms with E-state index in [0.717, 1.165) is 23.5 Å². The zero-order chi connectivity index (χ0) is 16.7. The van der Waals surface area contributed by atoms with Crippen molar-refractivity contribution in [1.29, 1.82) is 0 Å². The molecule has 22 heavy (non-hydrogen) atoms. The average Bonchev–Trinajstić information content (AvgIpc) is 2.84. The molecule has 0 aromatic carbocycles. The topological polar surface area (TPSA) is 81.8 Å². The third kappa shape index (κ3) is 2.80. The Bertz CT molecular complexity index is 802. The van der Waals surface area contributed by atoms with Crippen molar-refractivity contribution in [2.45, 2.75) is 52.6 Å². The van der Waals surface area contributed by atoms with Crippen LogP contribution >= 0.6 is 0 Å². The molecule has 2 aromatic heterocycles. The summed E-state index contributed by atoms with van der Waals surface area (Å²) in [6.07, 6.45) is 0. The van der Waals surface area contributed by atoms with Crippen LogP contribution in [-0.4, -0.2) is 28.0 Å². The Morgan fingerprint density at radius 3 is 2.14 bits per heavy atom. The fourth-order valence-electron chi connectivity index (χ4n) is 2.68. The van der Waals surface area contributed by atoms with Crippen molar-refractivity contribution in [1.82, 2.24) is 24.3 Å². The zero-order valence-electron chi connectivity index (χ0n) is 13.9. The van der Waals surface area contributed by atoms with Crippen LogP contribution in [0.3, 0.4) is 0 Å². The van der Waals surface area contributed by atoms with Crippen LogP contribution in [0.4, 0.5) is 0 Å². The predicted molar refractivity (Wildman–Crippen MR) is 84.1 cm³/mol. The Morgan fingerprint density at radius 2 is 1.68 bits per heavy atom. The van der Waals surface area contributed by atoms with Crippen molar-refractivity contribution in [3.8, 4) is 0 Å². The number of sulfonamides is 1. The van der Waals surface area contributed by atoms with E-state index in [2.05, 4.69) is 14.9 Å². The molecule has 8 heteroatoms. The van der Waals surface area contributed by atoms with Gasteiger partial charge < -0.3 is 0 Å². The van der Waals surface area contributed by atoms with Crippen LogP contribution in [0.25, 0.3) is 0 Å². The maximum absolute atomic E-state index is 12.6. The van der Waals surface area contributed by atoms with Crippen molar-refractivity contribution in [2.24, 2.45) is 7.05 Å². The molecule has 0 atom stereocenters. The Hall–Kier alpha value is -1.67. The summed E-state index contributed by atoms with van der Waals surface area (Å²) >= 11 is 0. The van der Waals surface area contributed by atoms with E-state index in [1.807, 2.05) is 25.5 Å². The van der Waals surface area contributed by atoms with Crippen LogP contribution in [0.2, 0.25) is 0 Å². The van der Waals surface area contributed by atoms with Gasteiger partial charge in [0.05, 0.1) is 17.1 Å². The van der Waals surface area contributed by atoms with E-state index in [-0.39, 0.29) is 11.4 Å². The number of hydrogen-bond acceptors (Lipinski definition) is 4. The van der Waals surface area contributed by atoms with Gasteiger partial charge in [0, 0.05) is 31.4 Å². The molecule has 0 spiro atoms. The molecular formula is C14H23N5O2S. The molecular weight excluding hydrogens is 302 g/mol. The molecule has 0 fully saturated rings. The van der Waals surface area contributed by atoms with Gasteiger partial charge in [0.1, 0.15) is 4.90 Å². The summed E-state index contributed by atoms with van der Waals surface area (Å²) in [5.41, 5.74) is 3.89. The van der Waals surface area contributed by atoms with Gasteiger partial charge in [-0.2, -0.15) is 10.2 Å². The fraction of sp³-hybridized carbons (Fsp3) is 0.571. The van der Waals surface area contributed by atoms with E-state index < -0.39 is 10.0 Å². The smallest absolute Gasteiger partial charge is 0.244 e. The van der Waals surface area contributed by atoms with Crippen molar-refractivity contribution in [3.05, 3.63) is 28.3 Å². The van der Waals surface area contributed by atoms with Crippen LogP contribution in [0.1, 0.15) is 35.3 Å². The summed E-state index contributed by atoms with van der Waals surface area (Å²) in [5.74, 6) is 0. The number of aromatic nitrogens is 4. The Balaban J connectivity index is 2.29. The van der Waals surface area contributed by atoms with Crippen LogP contribution in [0.5, 0.6) is 0 Å². The van der Waals surface area contributed by atoms with Crippen LogP contribution in [-0.2, 0) is 30.2 Å². The van der Waals surface area contributed by atoms with Gasteiger partial charge in [-0.1, -0.05) is 0 Å². The van der Waals surface area contributed by atoms with Gasteiger partial charge in [0.25, 0.3) is 0 Å². The first-order chi connectivity index (χ1) is 10.2. The molecule has 0 aliphatic carbocycles. The van der Waals surface area contributed by atoms with Crippen LogP contribution < -0.4 is 4.72 Å². The number of hydrogen-bond donors (Lipinski definition) is 1. The van der Waals surface area contributed by atoms with Gasteiger partial charge in [-0.15, -0.1) is 0 Å². The number of nitrogens with zero attached hydrogens (tertiary/aromatic N) is 4. The molecule has 2 rings (SSSR count). The molecule has 0 saturated carbocycles. The van der Waals surface area contributed by atoms with Crippen molar-refractivity contribution in [2.75, 3.05) is 0 Å². The molecule has 2 heterocycles. The Morgan fingerprint density at radius 1 is 1.05 bits per heavy atom. The summed E-state index contributed by atoms with van der Waals surface area (Å²) in [4.78, 5) is 0.258. The third-order valence-corrected chi connectivity index (χ3v) is 5.63.